The van der Waals surface area contributed by atoms with Gasteiger partial charge in [0.25, 0.3) is 0 Å². The quantitative estimate of drug-likeness (QED) is 0.384. The molecule has 0 bridgehead atoms. The fourth-order valence-electron chi connectivity index (χ4n) is 5.78. The summed E-state index contributed by atoms with van der Waals surface area (Å²) in [6.07, 6.45) is 11.9. The zero-order chi connectivity index (χ0) is 24.8. The second-order valence-corrected chi connectivity index (χ2v) is 10.8. The van der Waals surface area contributed by atoms with Crippen molar-refractivity contribution >= 4 is 11.8 Å². The number of ether oxygens (including phenoxy) is 2. The topological polar surface area (TPSA) is 67.9 Å². The molecule has 1 aromatic rings. The summed E-state index contributed by atoms with van der Waals surface area (Å²) >= 11 is 0. The van der Waals surface area contributed by atoms with Crippen LogP contribution < -0.4 is 14.8 Å². The molecule has 6 nitrogen and oxygen atoms in total. The summed E-state index contributed by atoms with van der Waals surface area (Å²) in [7, 11) is 0. The largest absolute Gasteiger partial charge is 0.454 e. The van der Waals surface area contributed by atoms with Gasteiger partial charge in [-0.05, 0) is 55.2 Å². The standard InChI is InChI=1S/C29H42N2O4/c1-4-5-7-10-21-11-13-23(28(32)30-18-20(2)3)27(29(33)31-15-8-6-9-16-31)26(21)22-12-14-24-25(17-22)35-19-34-24/h11-14,17,20-21,23,26-27H,4-10,15-16,18-19H2,1-3H3,(H,30,32). The van der Waals surface area contributed by atoms with Gasteiger partial charge in [0, 0.05) is 25.6 Å². The number of allylic oxidation sites excluding steroid dienone is 1. The Morgan fingerprint density at radius 2 is 1.83 bits per heavy atom. The number of nitrogens with one attached hydrogen (secondary N) is 1. The Bertz CT molecular complexity index is 906. The van der Waals surface area contributed by atoms with E-state index in [1.165, 1.54) is 6.42 Å². The summed E-state index contributed by atoms with van der Waals surface area (Å²) in [5.74, 6) is 1.16. The van der Waals surface area contributed by atoms with Gasteiger partial charge in [-0.3, -0.25) is 9.59 Å². The molecular formula is C29H42N2O4. The number of likely N-dealkylation sites (tertiary alicyclic amines) is 1. The first kappa shape index (κ1) is 25.6. The predicted molar refractivity (Wildman–Crippen MR) is 137 cm³/mol. The summed E-state index contributed by atoms with van der Waals surface area (Å²) in [6, 6.07) is 6.07. The zero-order valence-electron chi connectivity index (χ0n) is 21.6. The van der Waals surface area contributed by atoms with E-state index in [4.69, 9.17) is 9.47 Å². The highest BCUT2D eigenvalue weighted by Crippen LogP contribution is 2.47. The van der Waals surface area contributed by atoms with Crippen molar-refractivity contribution in [1.29, 1.82) is 0 Å². The lowest BCUT2D eigenvalue weighted by atomic mass is 9.65. The molecule has 3 aliphatic rings. The molecule has 4 rings (SSSR count). The van der Waals surface area contributed by atoms with Gasteiger partial charge in [-0.25, -0.2) is 0 Å². The molecular weight excluding hydrogens is 440 g/mol. The number of benzene rings is 1. The number of carbonyl (C=O) groups excluding carboxylic acids is 2. The Hall–Kier alpha value is -2.50. The molecule has 0 spiro atoms. The Morgan fingerprint density at radius 1 is 1.06 bits per heavy atom. The lowest BCUT2D eigenvalue weighted by Gasteiger charge is -2.42. The van der Waals surface area contributed by atoms with Crippen molar-refractivity contribution in [3.8, 4) is 11.5 Å². The molecule has 35 heavy (non-hydrogen) atoms. The fraction of sp³-hybridized carbons (Fsp3) is 0.655. The van der Waals surface area contributed by atoms with E-state index in [1.807, 2.05) is 23.1 Å². The van der Waals surface area contributed by atoms with Crippen LogP contribution >= 0.6 is 0 Å². The molecule has 192 valence electrons. The van der Waals surface area contributed by atoms with Gasteiger partial charge in [0.05, 0.1) is 11.8 Å². The molecule has 0 aromatic heterocycles. The summed E-state index contributed by atoms with van der Waals surface area (Å²) in [4.78, 5) is 29.6. The molecule has 2 aliphatic heterocycles. The van der Waals surface area contributed by atoms with E-state index in [-0.39, 0.29) is 30.4 Å². The lowest BCUT2D eigenvalue weighted by molar-refractivity contribution is -0.143. The summed E-state index contributed by atoms with van der Waals surface area (Å²) in [5.41, 5.74) is 1.07. The summed E-state index contributed by atoms with van der Waals surface area (Å²) in [5, 5.41) is 3.11. The first-order valence-corrected chi connectivity index (χ1v) is 13.6. The normalized spacial score (nSPS) is 25.7. The van der Waals surface area contributed by atoms with Crippen molar-refractivity contribution in [3.05, 3.63) is 35.9 Å². The highest BCUT2D eigenvalue weighted by molar-refractivity contribution is 5.90. The highest BCUT2D eigenvalue weighted by Gasteiger charge is 2.46. The Balaban J connectivity index is 1.72. The predicted octanol–water partition coefficient (Wildman–Crippen LogP) is 5.28. The van der Waals surface area contributed by atoms with Crippen molar-refractivity contribution in [2.75, 3.05) is 26.4 Å². The number of amides is 2. The van der Waals surface area contributed by atoms with E-state index < -0.39 is 11.8 Å². The zero-order valence-corrected chi connectivity index (χ0v) is 21.6. The molecule has 1 N–H and O–H groups in total. The van der Waals surface area contributed by atoms with Crippen LogP contribution in [0.15, 0.2) is 30.4 Å². The number of rotatable bonds is 9. The van der Waals surface area contributed by atoms with E-state index in [0.717, 1.165) is 68.7 Å². The van der Waals surface area contributed by atoms with Crippen LogP contribution in [-0.4, -0.2) is 43.1 Å². The summed E-state index contributed by atoms with van der Waals surface area (Å²) in [6.45, 7) is 8.80. The van der Waals surface area contributed by atoms with Crippen LogP contribution in [0.4, 0.5) is 0 Å². The van der Waals surface area contributed by atoms with Crippen LogP contribution in [0.3, 0.4) is 0 Å². The summed E-state index contributed by atoms with van der Waals surface area (Å²) < 4.78 is 11.3. The van der Waals surface area contributed by atoms with Crippen LogP contribution in [0.25, 0.3) is 0 Å². The number of carbonyl (C=O) groups is 2. The third-order valence-corrected chi connectivity index (χ3v) is 7.66. The second kappa shape index (κ2) is 12.0. The van der Waals surface area contributed by atoms with Gasteiger partial charge in [0.1, 0.15) is 0 Å². The third-order valence-electron chi connectivity index (χ3n) is 7.66. The van der Waals surface area contributed by atoms with Crippen LogP contribution in [0, 0.1) is 23.7 Å². The molecule has 1 aromatic carbocycles. The molecule has 4 unspecified atom stereocenters. The molecule has 4 atom stereocenters. The number of nitrogens with zero attached hydrogens (tertiary/aromatic N) is 1. The Labute approximate surface area is 210 Å². The van der Waals surface area contributed by atoms with Crippen molar-refractivity contribution in [2.24, 2.45) is 23.7 Å². The number of fused-ring (bicyclic) bond motifs is 1. The number of hydrogen-bond donors (Lipinski definition) is 1. The maximum atomic E-state index is 14.2. The van der Waals surface area contributed by atoms with Gasteiger partial charge in [0.15, 0.2) is 11.5 Å². The van der Waals surface area contributed by atoms with Crippen molar-refractivity contribution < 1.29 is 19.1 Å². The molecule has 1 aliphatic carbocycles. The molecule has 2 heterocycles. The molecule has 6 heteroatoms. The van der Waals surface area contributed by atoms with E-state index in [0.29, 0.717) is 12.5 Å². The minimum absolute atomic E-state index is 0.0388. The number of hydrogen-bond acceptors (Lipinski definition) is 4. The SMILES string of the molecule is CCCCCC1C=CC(C(=O)NCC(C)C)C(C(=O)N2CCCCC2)C1c1ccc2c(c1)OCO2. The van der Waals surface area contributed by atoms with Crippen LogP contribution in [0.1, 0.15) is 77.2 Å². The Kier molecular flexibility index (Phi) is 8.74. The van der Waals surface area contributed by atoms with Crippen LogP contribution in [-0.2, 0) is 9.59 Å². The third kappa shape index (κ3) is 6.02. The molecule has 0 saturated carbocycles. The fourth-order valence-corrected chi connectivity index (χ4v) is 5.78. The van der Waals surface area contributed by atoms with Gasteiger partial charge in [-0.1, -0.05) is 58.3 Å². The smallest absolute Gasteiger partial charge is 0.231 e. The van der Waals surface area contributed by atoms with Crippen molar-refractivity contribution in [2.45, 2.75) is 71.6 Å². The van der Waals surface area contributed by atoms with E-state index >= 15 is 0 Å². The average molecular weight is 483 g/mol. The van der Waals surface area contributed by atoms with Gasteiger partial charge in [0.2, 0.25) is 18.6 Å². The van der Waals surface area contributed by atoms with Crippen LogP contribution in [0.2, 0.25) is 0 Å². The number of unbranched alkanes of at least 4 members (excludes halogenated alkanes) is 2. The molecule has 0 radical (unpaired) electrons. The lowest BCUT2D eigenvalue weighted by Crippen LogP contribution is -2.50. The minimum atomic E-state index is -0.471. The van der Waals surface area contributed by atoms with Gasteiger partial charge in [-0.15, -0.1) is 0 Å². The van der Waals surface area contributed by atoms with Gasteiger partial charge in [-0.2, -0.15) is 0 Å². The maximum Gasteiger partial charge on any atom is 0.231 e. The Morgan fingerprint density at radius 3 is 2.57 bits per heavy atom. The van der Waals surface area contributed by atoms with Gasteiger partial charge >= 0.3 is 0 Å². The minimum Gasteiger partial charge on any atom is -0.454 e. The van der Waals surface area contributed by atoms with Gasteiger partial charge < -0.3 is 19.7 Å². The van der Waals surface area contributed by atoms with Crippen LogP contribution in [0.5, 0.6) is 11.5 Å². The van der Waals surface area contributed by atoms with E-state index in [1.54, 1.807) is 0 Å². The van der Waals surface area contributed by atoms with E-state index in [9.17, 15) is 9.59 Å². The van der Waals surface area contributed by atoms with E-state index in [2.05, 4.69) is 38.2 Å². The first-order chi connectivity index (χ1) is 17.0. The monoisotopic (exact) mass is 482 g/mol. The number of piperidine rings is 1. The molecule has 1 saturated heterocycles. The molecule has 1 fully saturated rings. The highest BCUT2D eigenvalue weighted by atomic mass is 16.7. The first-order valence-electron chi connectivity index (χ1n) is 13.6. The maximum absolute atomic E-state index is 14.2. The van der Waals surface area contributed by atoms with Crippen molar-refractivity contribution in [3.63, 3.8) is 0 Å². The average Bonchev–Trinajstić information content (AvgIpc) is 3.35. The van der Waals surface area contributed by atoms with Crippen molar-refractivity contribution in [1.82, 2.24) is 10.2 Å². The second-order valence-electron chi connectivity index (χ2n) is 10.8. The molecule has 2 amide bonds.